The molecule has 1 unspecified atom stereocenters. The summed E-state index contributed by atoms with van der Waals surface area (Å²) < 4.78 is 55.5. The van der Waals surface area contributed by atoms with Crippen LogP contribution in [-0.2, 0) is 11.0 Å². The van der Waals surface area contributed by atoms with Crippen molar-refractivity contribution in [1.29, 1.82) is 0 Å². The first-order valence-electron chi connectivity index (χ1n) is 12.7. The molecule has 2 amide bonds. The van der Waals surface area contributed by atoms with E-state index in [1.807, 2.05) is 31.2 Å². The van der Waals surface area contributed by atoms with Gasteiger partial charge in [-0.05, 0) is 74.4 Å². The number of carbonyl (C=O) groups is 2. The summed E-state index contributed by atoms with van der Waals surface area (Å²) in [4.78, 5) is 28.8. The number of aryl methyl sites for hydroxylation is 2. The fourth-order valence-electron chi connectivity index (χ4n) is 5.21. The van der Waals surface area contributed by atoms with Crippen LogP contribution in [0.5, 0.6) is 0 Å². The SMILES string of the molecule is CCN1C(=O)C(NC(=O)c2cccc(C(F)(F)F)c2)[C@@H](c2ccc(F)cc2)c2c(C)nn(-c3cccc(C)c3)c21. The maximum atomic E-state index is 14.0. The Kier molecular flexibility index (Phi) is 6.95. The Balaban J connectivity index is 1.66. The minimum atomic E-state index is -4.64. The van der Waals surface area contributed by atoms with Gasteiger partial charge >= 0.3 is 6.18 Å². The van der Waals surface area contributed by atoms with E-state index in [1.165, 1.54) is 35.2 Å². The number of benzene rings is 3. The van der Waals surface area contributed by atoms with Crippen molar-refractivity contribution < 1.29 is 27.2 Å². The second kappa shape index (κ2) is 10.3. The van der Waals surface area contributed by atoms with Gasteiger partial charge in [-0.15, -0.1) is 0 Å². The van der Waals surface area contributed by atoms with Crippen LogP contribution in [0.15, 0.2) is 72.8 Å². The van der Waals surface area contributed by atoms with E-state index in [1.54, 1.807) is 18.5 Å². The van der Waals surface area contributed by atoms with Crippen LogP contribution in [0.3, 0.4) is 0 Å². The summed E-state index contributed by atoms with van der Waals surface area (Å²) >= 11 is 0. The van der Waals surface area contributed by atoms with E-state index in [4.69, 9.17) is 5.10 Å². The molecule has 0 saturated carbocycles. The molecule has 0 bridgehead atoms. The third-order valence-electron chi connectivity index (χ3n) is 7.04. The lowest BCUT2D eigenvalue weighted by Crippen LogP contribution is -2.55. The highest BCUT2D eigenvalue weighted by Gasteiger charge is 2.45. The standard InChI is InChI=1S/C30H26F4N4O2/c1-4-37-28-24(18(3)36-38(28)23-10-5-7-17(2)15-23)25(19-11-13-22(31)14-12-19)26(29(37)40)35-27(39)20-8-6-9-21(16-20)30(32,33)34/h5-16,25-26H,4H2,1-3H3,(H,35,39)/t25-,26?/m0/s1. The van der Waals surface area contributed by atoms with E-state index in [9.17, 15) is 27.2 Å². The molecule has 4 aromatic rings. The normalized spacial score (nSPS) is 17.1. The van der Waals surface area contributed by atoms with Crippen LogP contribution in [0.1, 0.15) is 51.1 Å². The molecule has 206 valence electrons. The van der Waals surface area contributed by atoms with Crippen LogP contribution < -0.4 is 10.2 Å². The first-order valence-corrected chi connectivity index (χ1v) is 12.7. The maximum Gasteiger partial charge on any atom is 0.416 e. The topological polar surface area (TPSA) is 67.2 Å². The number of nitrogens with one attached hydrogen (secondary N) is 1. The molecular weight excluding hydrogens is 524 g/mol. The molecule has 5 rings (SSSR count). The fraction of sp³-hybridized carbons (Fsp3) is 0.233. The lowest BCUT2D eigenvalue weighted by molar-refractivity contribution is -0.137. The molecule has 2 atom stereocenters. The van der Waals surface area contributed by atoms with E-state index >= 15 is 0 Å². The number of hydrogen-bond donors (Lipinski definition) is 1. The molecule has 0 spiro atoms. The van der Waals surface area contributed by atoms with Gasteiger partial charge in [-0.25, -0.2) is 9.07 Å². The van der Waals surface area contributed by atoms with Gasteiger partial charge in [-0.2, -0.15) is 18.3 Å². The summed E-state index contributed by atoms with van der Waals surface area (Å²) in [6.07, 6.45) is -4.64. The molecule has 0 saturated heterocycles. The first-order chi connectivity index (χ1) is 19.0. The molecule has 2 heterocycles. The van der Waals surface area contributed by atoms with Gasteiger partial charge < -0.3 is 5.32 Å². The number of halogens is 4. The van der Waals surface area contributed by atoms with Crippen LogP contribution in [0.25, 0.3) is 5.69 Å². The average Bonchev–Trinajstić information content (AvgIpc) is 3.26. The molecule has 1 aliphatic rings. The monoisotopic (exact) mass is 550 g/mol. The molecule has 1 aliphatic heterocycles. The second-order valence-electron chi connectivity index (χ2n) is 9.71. The van der Waals surface area contributed by atoms with Crippen LogP contribution >= 0.6 is 0 Å². The van der Waals surface area contributed by atoms with Gasteiger partial charge in [-0.3, -0.25) is 14.5 Å². The summed E-state index contributed by atoms with van der Waals surface area (Å²) in [5.74, 6) is -2.02. The van der Waals surface area contributed by atoms with Gasteiger partial charge in [0.15, 0.2) is 0 Å². The third kappa shape index (κ3) is 4.85. The number of rotatable bonds is 5. The van der Waals surface area contributed by atoms with Crippen molar-refractivity contribution >= 4 is 17.6 Å². The number of likely N-dealkylation sites (N-methyl/N-ethyl adjacent to an activating group) is 1. The number of hydrogen-bond acceptors (Lipinski definition) is 3. The molecule has 0 aliphatic carbocycles. The van der Waals surface area contributed by atoms with E-state index in [0.717, 1.165) is 29.4 Å². The number of fused-ring (bicyclic) bond motifs is 1. The van der Waals surface area contributed by atoms with E-state index in [-0.39, 0.29) is 12.1 Å². The number of aromatic nitrogens is 2. The lowest BCUT2D eigenvalue weighted by atomic mass is 9.81. The highest BCUT2D eigenvalue weighted by Crippen LogP contribution is 2.43. The Morgan fingerprint density at radius 1 is 1.00 bits per heavy atom. The molecule has 0 fully saturated rings. The van der Waals surface area contributed by atoms with Crippen molar-refractivity contribution in [3.63, 3.8) is 0 Å². The van der Waals surface area contributed by atoms with Crippen LogP contribution in [-0.4, -0.2) is 34.2 Å². The summed E-state index contributed by atoms with van der Waals surface area (Å²) in [7, 11) is 0. The lowest BCUT2D eigenvalue weighted by Gasteiger charge is -2.38. The average molecular weight is 551 g/mol. The van der Waals surface area contributed by atoms with Gasteiger partial charge in [0, 0.05) is 23.6 Å². The largest absolute Gasteiger partial charge is 0.416 e. The number of carbonyl (C=O) groups excluding carboxylic acids is 2. The molecule has 1 N–H and O–H groups in total. The number of alkyl halides is 3. The quantitative estimate of drug-likeness (QED) is 0.313. The molecule has 6 nitrogen and oxygen atoms in total. The number of nitrogens with zero attached hydrogens (tertiary/aromatic N) is 3. The van der Waals surface area contributed by atoms with Crippen LogP contribution in [0, 0.1) is 19.7 Å². The molecule has 0 radical (unpaired) electrons. The van der Waals surface area contributed by atoms with Gasteiger partial charge in [0.05, 0.1) is 16.9 Å². The predicted molar refractivity (Wildman–Crippen MR) is 142 cm³/mol. The zero-order chi connectivity index (χ0) is 28.8. The minimum absolute atomic E-state index is 0.235. The van der Waals surface area contributed by atoms with E-state index in [0.29, 0.717) is 22.6 Å². The van der Waals surface area contributed by atoms with Gasteiger partial charge in [-0.1, -0.05) is 30.3 Å². The Bertz CT molecular complexity index is 1590. The highest BCUT2D eigenvalue weighted by atomic mass is 19.4. The molecular formula is C30H26F4N4O2. The van der Waals surface area contributed by atoms with Crippen LogP contribution in [0.2, 0.25) is 0 Å². The molecule has 40 heavy (non-hydrogen) atoms. The maximum absolute atomic E-state index is 14.0. The molecule has 10 heteroatoms. The van der Waals surface area contributed by atoms with Crippen molar-refractivity contribution in [3.8, 4) is 5.69 Å². The smallest absolute Gasteiger partial charge is 0.339 e. The van der Waals surface area contributed by atoms with E-state index in [2.05, 4.69) is 5.32 Å². The summed E-state index contributed by atoms with van der Waals surface area (Å²) in [6, 6.07) is 16.0. The Hall–Kier alpha value is -4.47. The van der Waals surface area contributed by atoms with Crippen molar-refractivity contribution in [2.45, 2.75) is 38.9 Å². The molecule has 1 aromatic heterocycles. The van der Waals surface area contributed by atoms with Crippen LogP contribution in [0.4, 0.5) is 23.4 Å². The zero-order valence-corrected chi connectivity index (χ0v) is 22.0. The Labute approximate surface area is 228 Å². The summed E-state index contributed by atoms with van der Waals surface area (Å²) in [5.41, 5.74) is 2.32. The predicted octanol–water partition coefficient (Wildman–Crippen LogP) is 5.94. The second-order valence-corrected chi connectivity index (χ2v) is 9.71. The van der Waals surface area contributed by atoms with Gasteiger partial charge in [0.25, 0.3) is 11.8 Å². The Morgan fingerprint density at radius 2 is 1.70 bits per heavy atom. The van der Waals surface area contributed by atoms with Gasteiger partial charge in [0.1, 0.15) is 17.7 Å². The minimum Gasteiger partial charge on any atom is -0.339 e. The Morgan fingerprint density at radius 3 is 2.35 bits per heavy atom. The van der Waals surface area contributed by atoms with Crippen molar-refractivity contribution in [2.24, 2.45) is 0 Å². The summed E-state index contributed by atoms with van der Waals surface area (Å²) in [6.45, 7) is 5.76. The molecule has 3 aromatic carbocycles. The first kappa shape index (κ1) is 27.1. The van der Waals surface area contributed by atoms with Crippen molar-refractivity contribution in [3.05, 3.63) is 112 Å². The van der Waals surface area contributed by atoms with Crippen molar-refractivity contribution in [1.82, 2.24) is 15.1 Å². The third-order valence-corrected chi connectivity index (χ3v) is 7.04. The number of amides is 2. The fourth-order valence-corrected chi connectivity index (χ4v) is 5.21. The zero-order valence-electron chi connectivity index (χ0n) is 22.0. The van der Waals surface area contributed by atoms with Crippen molar-refractivity contribution in [2.75, 3.05) is 11.4 Å². The summed E-state index contributed by atoms with van der Waals surface area (Å²) in [5, 5.41) is 7.44. The highest BCUT2D eigenvalue weighted by molar-refractivity contribution is 6.05. The van der Waals surface area contributed by atoms with E-state index < -0.39 is 41.3 Å². The van der Waals surface area contributed by atoms with Gasteiger partial charge in [0.2, 0.25) is 0 Å². The number of anilines is 1.